The molecule has 8 heteroatoms. The summed E-state index contributed by atoms with van der Waals surface area (Å²) in [6.45, 7) is 3.05. The van der Waals surface area contributed by atoms with Gasteiger partial charge in [-0.1, -0.05) is 47.1 Å². The zero-order chi connectivity index (χ0) is 21.8. The fraction of sp³-hybridized carbons (Fsp3) is 0.304. The smallest absolute Gasteiger partial charge is 0.254 e. The summed E-state index contributed by atoms with van der Waals surface area (Å²) in [5, 5.41) is 4.49. The van der Waals surface area contributed by atoms with Gasteiger partial charge in [0.05, 0.1) is 13.0 Å². The predicted octanol–water partition coefficient (Wildman–Crippen LogP) is 3.69. The number of hydrogen-bond donors (Lipinski definition) is 0. The van der Waals surface area contributed by atoms with Crippen LogP contribution in [-0.2, 0) is 11.2 Å². The first-order valence-electron chi connectivity index (χ1n) is 10.2. The van der Waals surface area contributed by atoms with Gasteiger partial charge in [-0.2, -0.15) is 4.98 Å². The van der Waals surface area contributed by atoms with Gasteiger partial charge in [0, 0.05) is 23.7 Å². The summed E-state index contributed by atoms with van der Waals surface area (Å²) in [6, 6.07) is 15.9. The van der Waals surface area contributed by atoms with Crippen molar-refractivity contribution in [2.24, 2.45) is 0 Å². The normalized spacial score (nSPS) is 16.8. The molecule has 0 radical (unpaired) electrons. The molecular formula is C23H23ClN4O3. The standard InChI is InChI=1S/C23H23ClN4O3/c1-16-25-22(31-26-16)20-15-27(21(29)14-17-7-5-10-19(24)13-17)11-6-12-28(20)23(30)18-8-3-2-4-9-18/h2-5,7-10,13,20H,6,11-12,14-15H2,1H3. The minimum Gasteiger partial charge on any atom is -0.340 e. The molecule has 160 valence electrons. The number of aryl methyl sites for hydroxylation is 1. The van der Waals surface area contributed by atoms with E-state index in [0.29, 0.717) is 48.4 Å². The third kappa shape index (κ3) is 4.94. The van der Waals surface area contributed by atoms with Crippen LogP contribution < -0.4 is 0 Å². The molecule has 1 unspecified atom stereocenters. The van der Waals surface area contributed by atoms with Crippen LogP contribution in [0, 0.1) is 6.92 Å². The lowest BCUT2D eigenvalue weighted by Gasteiger charge is -2.29. The van der Waals surface area contributed by atoms with Crippen LogP contribution in [0.1, 0.15) is 40.1 Å². The van der Waals surface area contributed by atoms with Gasteiger partial charge >= 0.3 is 0 Å². The Morgan fingerprint density at radius 2 is 1.94 bits per heavy atom. The molecule has 1 aliphatic heterocycles. The third-order valence-electron chi connectivity index (χ3n) is 5.30. The fourth-order valence-corrected chi connectivity index (χ4v) is 4.01. The van der Waals surface area contributed by atoms with Crippen LogP contribution in [0.25, 0.3) is 0 Å². The SMILES string of the molecule is Cc1noc(C2CN(C(=O)Cc3cccc(Cl)c3)CCCN2C(=O)c2ccccc2)n1. The molecule has 1 aliphatic rings. The Kier molecular flexibility index (Phi) is 6.32. The summed E-state index contributed by atoms with van der Waals surface area (Å²) >= 11 is 6.06. The topological polar surface area (TPSA) is 79.5 Å². The molecule has 2 aromatic carbocycles. The minimum atomic E-state index is -0.514. The second kappa shape index (κ2) is 9.31. The van der Waals surface area contributed by atoms with Gasteiger partial charge in [-0.05, 0) is 43.2 Å². The quantitative estimate of drug-likeness (QED) is 0.620. The van der Waals surface area contributed by atoms with E-state index in [1.54, 1.807) is 41.0 Å². The number of hydrogen-bond acceptors (Lipinski definition) is 5. The van der Waals surface area contributed by atoms with Crippen molar-refractivity contribution in [2.75, 3.05) is 19.6 Å². The van der Waals surface area contributed by atoms with Crippen molar-refractivity contribution in [2.45, 2.75) is 25.8 Å². The average molecular weight is 439 g/mol. The van der Waals surface area contributed by atoms with E-state index in [2.05, 4.69) is 10.1 Å². The Bertz CT molecular complexity index is 1070. The summed E-state index contributed by atoms with van der Waals surface area (Å²) < 4.78 is 5.43. The van der Waals surface area contributed by atoms with Crippen molar-refractivity contribution in [3.05, 3.63) is 82.5 Å². The Balaban J connectivity index is 1.59. The highest BCUT2D eigenvalue weighted by atomic mass is 35.5. The van der Waals surface area contributed by atoms with Crippen molar-refractivity contribution >= 4 is 23.4 Å². The van der Waals surface area contributed by atoms with Gasteiger partial charge in [0.2, 0.25) is 5.91 Å². The average Bonchev–Trinajstić information content (AvgIpc) is 3.07. The number of carbonyl (C=O) groups is 2. The predicted molar refractivity (Wildman–Crippen MR) is 116 cm³/mol. The van der Waals surface area contributed by atoms with E-state index in [9.17, 15) is 9.59 Å². The second-order valence-corrected chi connectivity index (χ2v) is 8.00. The molecule has 3 aromatic rings. The van der Waals surface area contributed by atoms with Gasteiger partial charge in [-0.25, -0.2) is 0 Å². The van der Waals surface area contributed by atoms with E-state index in [4.69, 9.17) is 16.1 Å². The van der Waals surface area contributed by atoms with Gasteiger partial charge in [0.1, 0.15) is 6.04 Å². The monoisotopic (exact) mass is 438 g/mol. The first kappa shape index (κ1) is 21.1. The molecule has 0 saturated carbocycles. The molecule has 0 aliphatic carbocycles. The molecule has 2 heterocycles. The lowest BCUT2D eigenvalue weighted by atomic mass is 10.1. The van der Waals surface area contributed by atoms with Crippen LogP contribution >= 0.6 is 11.6 Å². The minimum absolute atomic E-state index is 0.0301. The maximum Gasteiger partial charge on any atom is 0.254 e. The number of halogens is 1. The highest BCUT2D eigenvalue weighted by molar-refractivity contribution is 6.30. The van der Waals surface area contributed by atoms with Crippen molar-refractivity contribution in [3.63, 3.8) is 0 Å². The van der Waals surface area contributed by atoms with Gasteiger partial charge < -0.3 is 14.3 Å². The maximum atomic E-state index is 13.3. The van der Waals surface area contributed by atoms with Crippen LogP contribution in [-0.4, -0.2) is 51.4 Å². The summed E-state index contributed by atoms with van der Waals surface area (Å²) in [5.74, 6) is 0.676. The maximum absolute atomic E-state index is 13.3. The highest BCUT2D eigenvalue weighted by Crippen LogP contribution is 2.26. The number of aromatic nitrogens is 2. The Labute approximate surface area is 185 Å². The lowest BCUT2D eigenvalue weighted by molar-refractivity contribution is -0.130. The van der Waals surface area contributed by atoms with Crippen LogP contribution in [0.3, 0.4) is 0 Å². The number of carbonyl (C=O) groups excluding carboxylic acids is 2. The van der Waals surface area contributed by atoms with E-state index in [1.165, 1.54) is 0 Å². The van der Waals surface area contributed by atoms with Crippen LogP contribution in [0.5, 0.6) is 0 Å². The summed E-state index contributed by atoms with van der Waals surface area (Å²) in [7, 11) is 0. The van der Waals surface area contributed by atoms with E-state index >= 15 is 0 Å². The largest absolute Gasteiger partial charge is 0.340 e. The lowest BCUT2D eigenvalue weighted by Crippen LogP contribution is -2.40. The van der Waals surface area contributed by atoms with Crippen molar-refractivity contribution in [3.8, 4) is 0 Å². The molecule has 4 rings (SSSR count). The molecule has 1 atom stereocenters. The molecule has 0 spiro atoms. The highest BCUT2D eigenvalue weighted by Gasteiger charge is 2.35. The Morgan fingerprint density at radius 3 is 2.65 bits per heavy atom. The van der Waals surface area contributed by atoms with Gasteiger partial charge in [-0.3, -0.25) is 9.59 Å². The van der Waals surface area contributed by atoms with Crippen molar-refractivity contribution < 1.29 is 14.1 Å². The van der Waals surface area contributed by atoms with Crippen LogP contribution in [0.15, 0.2) is 59.1 Å². The summed E-state index contributed by atoms with van der Waals surface area (Å²) in [4.78, 5) is 34.2. The summed E-state index contributed by atoms with van der Waals surface area (Å²) in [6.07, 6.45) is 0.895. The number of rotatable bonds is 4. The molecule has 7 nitrogen and oxygen atoms in total. The molecular weight excluding hydrogens is 416 g/mol. The number of nitrogens with zero attached hydrogens (tertiary/aromatic N) is 4. The molecule has 1 aromatic heterocycles. The van der Waals surface area contributed by atoms with E-state index in [-0.39, 0.29) is 18.2 Å². The molecule has 0 N–H and O–H groups in total. The van der Waals surface area contributed by atoms with Gasteiger partial charge in [0.15, 0.2) is 5.82 Å². The number of benzene rings is 2. The van der Waals surface area contributed by atoms with Gasteiger partial charge in [-0.15, -0.1) is 0 Å². The summed E-state index contributed by atoms with van der Waals surface area (Å²) in [5.41, 5.74) is 1.44. The van der Waals surface area contributed by atoms with Crippen LogP contribution in [0.2, 0.25) is 5.02 Å². The molecule has 1 fully saturated rings. The molecule has 31 heavy (non-hydrogen) atoms. The number of amides is 2. The zero-order valence-corrected chi connectivity index (χ0v) is 18.0. The van der Waals surface area contributed by atoms with E-state index in [1.807, 2.05) is 30.3 Å². The Morgan fingerprint density at radius 1 is 1.13 bits per heavy atom. The zero-order valence-electron chi connectivity index (χ0n) is 17.2. The van der Waals surface area contributed by atoms with E-state index < -0.39 is 6.04 Å². The first-order chi connectivity index (χ1) is 15.0. The molecule has 1 saturated heterocycles. The third-order valence-corrected chi connectivity index (χ3v) is 5.54. The fourth-order valence-electron chi connectivity index (χ4n) is 3.80. The molecule has 0 bridgehead atoms. The Hall–Kier alpha value is -3.19. The second-order valence-electron chi connectivity index (χ2n) is 7.56. The first-order valence-corrected chi connectivity index (χ1v) is 10.6. The van der Waals surface area contributed by atoms with Crippen LogP contribution in [0.4, 0.5) is 0 Å². The van der Waals surface area contributed by atoms with E-state index in [0.717, 1.165) is 5.56 Å². The van der Waals surface area contributed by atoms with Gasteiger partial charge in [0.25, 0.3) is 11.8 Å². The molecule has 2 amide bonds. The van der Waals surface area contributed by atoms with Crippen molar-refractivity contribution in [1.29, 1.82) is 0 Å². The van der Waals surface area contributed by atoms with Crippen molar-refractivity contribution in [1.82, 2.24) is 19.9 Å².